The maximum absolute atomic E-state index is 15.5. The summed E-state index contributed by atoms with van der Waals surface area (Å²) < 4.78 is 41.9. The topological polar surface area (TPSA) is 55.8 Å². The van der Waals surface area contributed by atoms with Crippen molar-refractivity contribution in [2.75, 3.05) is 7.11 Å². The van der Waals surface area contributed by atoms with Gasteiger partial charge in [-0.1, -0.05) is 44.2 Å². The van der Waals surface area contributed by atoms with E-state index in [1.165, 1.54) is 6.07 Å². The summed E-state index contributed by atoms with van der Waals surface area (Å²) in [6.07, 6.45) is 5.89. The molecule has 4 nitrogen and oxygen atoms in total. The minimum Gasteiger partial charge on any atom is -0.497 e. The van der Waals surface area contributed by atoms with Gasteiger partial charge in [-0.25, -0.2) is 8.78 Å². The summed E-state index contributed by atoms with van der Waals surface area (Å²) in [5.41, 5.74) is 4.46. The van der Waals surface area contributed by atoms with Crippen LogP contribution in [0.4, 0.5) is 8.78 Å². The van der Waals surface area contributed by atoms with E-state index in [2.05, 4.69) is 19.9 Å². The Morgan fingerprint density at radius 1 is 1.05 bits per heavy atom. The number of halogens is 2. The van der Waals surface area contributed by atoms with E-state index in [9.17, 15) is 9.90 Å². The van der Waals surface area contributed by atoms with E-state index < -0.39 is 11.8 Å². The van der Waals surface area contributed by atoms with Crippen molar-refractivity contribution in [3.63, 3.8) is 0 Å². The van der Waals surface area contributed by atoms with Crippen LogP contribution in [0.1, 0.15) is 68.6 Å². The van der Waals surface area contributed by atoms with Crippen LogP contribution in [0, 0.1) is 23.0 Å². The summed E-state index contributed by atoms with van der Waals surface area (Å²) in [5, 5.41) is 9.35. The van der Waals surface area contributed by atoms with E-state index in [1.54, 1.807) is 37.4 Å². The molecule has 6 heteroatoms. The van der Waals surface area contributed by atoms with Gasteiger partial charge in [0.2, 0.25) is 0 Å². The largest absolute Gasteiger partial charge is 0.497 e. The van der Waals surface area contributed by atoms with Crippen molar-refractivity contribution in [1.29, 1.82) is 0 Å². The average molecular weight is 533 g/mol. The molecule has 2 aliphatic rings. The summed E-state index contributed by atoms with van der Waals surface area (Å²) in [4.78, 5) is 11.4. The van der Waals surface area contributed by atoms with E-state index in [0.717, 1.165) is 47.9 Å². The second-order valence-electron chi connectivity index (χ2n) is 11.3. The third kappa shape index (κ3) is 5.70. The molecule has 1 atom stereocenters. The Bertz CT molecular complexity index is 1420. The first-order valence-electron chi connectivity index (χ1n) is 13.5. The smallest absolute Gasteiger partial charge is 0.303 e. The van der Waals surface area contributed by atoms with Gasteiger partial charge in [-0.3, -0.25) is 4.79 Å². The molecule has 1 saturated carbocycles. The maximum Gasteiger partial charge on any atom is 0.303 e. The Morgan fingerprint density at radius 3 is 2.51 bits per heavy atom. The Hall–Kier alpha value is -3.67. The van der Waals surface area contributed by atoms with Crippen LogP contribution in [-0.4, -0.2) is 18.2 Å². The molecule has 1 N–H and O–H groups in total. The predicted octanol–water partition coefficient (Wildman–Crippen LogP) is 8.39. The fourth-order valence-corrected chi connectivity index (χ4v) is 5.74. The highest BCUT2D eigenvalue weighted by atomic mass is 19.1. The van der Waals surface area contributed by atoms with E-state index in [-0.39, 0.29) is 41.8 Å². The molecular formula is C33H34F2O4. The van der Waals surface area contributed by atoms with Gasteiger partial charge in [0.25, 0.3) is 0 Å². The van der Waals surface area contributed by atoms with Gasteiger partial charge in [0.05, 0.1) is 13.5 Å². The number of carbonyl (C=O) groups is 1. The summed E-state index contributed by atoms with van der Waals surface area (Å²) >= 11 is 0. The molecular weight excluding hydrogens is 498 g/mol. The SMILES string of the molecule is COc1ccc(F)c(-c2ccc(COc3cccc([C@H](CC(=O)O)C4CC4)c3F)cc2C2=CCCC2(C)C)c1. The lowest BCUT2D eigenvalue weighted by Gasteiger charge is -2.25. The highest BCUT2D eigenvalue weighted by molar-refractivity contribution is 5.85. The van der Waals surface area contributed by atoms with Crippen molar-refractivity contribution in [2.45, 2.75) is 58.5 Å². The van der Waals surface area contributed by atoms with E-state index in [0.29, 0.717) is 16.9 Å². The van der Waals surface area contributed by atoms with Gasteiger partial charge >= 0.3 is 5.97 Å². The van der Waals surface area contributed by atoms with Crippen LogP contribution in [0.25, 0.3) is 16.7 Å². The van der Waals surface area contributed by atoms with Crippen molar-refractivity contribution >= 4 is 11.5 Å². The summed E-state index contributed by atoms with van der Waals surface area (Å²) in [6.45, 7) is 4.50. The molecule has 0 amide bonds. The quantitative estimate of drug-likeness (QED) is 0.285. The van der Waals surface area contributed by atoms with E-state index in [4.69, 9.17) is 9.47 Å². The lowest BCUT2D eigenvalue weighted by Crippen LogP contribution is -2.11. The minimum atomic E-state index is -0.929. The zero-order valence-corrected chi connectivity index (χ0v) is 22.6. The zero-order valence-electron chi connectivity index (χ0n) is 22.6. The van der Waals surface area contributed by atoms with Gasteiger partial charge in [0.15, 0.2) is 11.6 Å². The highest BCUT2D eigenvalue weighted by Gasteiger charge is 2.36. The number of aliphatic carboxylic acids is 1. The molecule has 0 aromatic heterocycles. The first-order chi connectivity index (χ1) is 18.7. The van der Waals surface area contributed by atoms with Crippen LogP contribution in [0.2, 0.25) is 0 Å². The lowest BCUT2D eigenvalue weighted by atomic mass is 9.79. The maximum atomic E-state index is 15.5. The minimum absolute atomic E-state index is 0.0774. The number of ether oxygens (including phenoxy) is 2. The van der Waals surface area contributed by atoms with Crippen LogP contribution in [0.5, 0.6) is 11.5 Å². The van der Waals surface area contributed by atoms with Gasteiger partial charge in [0.1, 0.15) is 18.2 Å². The van der Waals surface area contributed by atoms with Crippen LogP contribution in [0.15, 0.2) is 60.7 Å². The molecule has 3 aromatic rings. The molecule has 0 saturated heterocycles. The summed E-state index contributed by atoms with van der Waals surface area (Å²) in [5.74, 6) is -1.23. The Labute approximate surface area is 228 Å². The molecule has 5 rings (SSSR count). The zero-order chi connectivity index (χ0) is 27.7. The number of methoxy groups -OCH3 is 1. The molecule has 39 heavy (non-hydrogen) atoms. The first-order valence-corrected chi connectivity index (χ1v) is 13.5. The van der Waals surface area contributed by atoms with Gasteiger partial charge in [-0.05, 0) is 95.2 Å². The van der Waals surface area contributed by atoms with Crippen molar-refractivity contribution in [2.24, 2.45) is 11.3 Å². The second kappa shape index (κ2) is 10.8. The molecule has 204 valence electrons. The molecule has 0 bridgehead atoms. The molecule has 0 spiro atoms. The van der Waals surface area contributed by atoms with Crippen molar-refractivity contribution in [3.05, 3.63) is 89.0 Å². The van der Waals surface area contributed by atoms with Crippen LogP contribution < -0.4 is 9.47 Å². The highest BCUT2D eigenvalue weighted by Crippen LogP contribution is 2.48. The Morgan fingerprint density at radius 2 is 1.85 bits per heavy atom. The molecule has 1 fully saturated rings. The Balaban J connectivity index is 1.47. The number of allylic oxidation sites excluding steroid dienone is 2. The molecule has 3 aromatic carbocycles. The third-order valence-corrected chi connectivity index (χ3v) is 8.06. The van der Waals surface area contributed by atoms with E-state index >= 15 is 8.78 Å². The third-order valence-electron chi connectivity index (χ3n) is 8.06. The second-order valence-corrected chi connectivity index (χ2v) is 11.3. The summed E-state index contributed by atoms with van der Waals surface area (Å²) in [7, 11) is 1.56. The first kappa shape index (κ1) is 26.9. The number of benzene rings is 3. The molecule has 0 heterocycles. The van der Waals surface area contributed by atoms with Crippen LogP contribution in [-0.2, 0) is 11.4 Å². The number of carboxylic acids is 1. The number of rotatable bonds is 10. The fourth-order valence-electron chi connectivity index (χ4n) is 5.74. The predicted molar refractivity (Wildman–Crippen MR) is 148 cm³/mol. The molecule has 0 radical (unpaired) electrons. The lowest BCUT2D eigenvalue weighted by molar-refractivity contribution is -0.137. The number of carboxylic acid groups (broad SMARTS) is 1. The van der Waals surface area contributed by atoms with E-state index in [1.807, 2.05) is 18.2 Å². The average Bonchev–Trinajstić information content (AvgIpc) is 3.69. The fraction of sp³-hybridized carbons (Fsp3) is 0.364. The summed E-state index contributed by atoms with van der Waals surface area (Å²) in [6, 6.07) is 15.5. The van der Waals surface area contributed by atoms with Crippen molar-refractivity contribution in [3.8, 4) is 22.6 Å². The van der Waals surface area contributed by atoms with Crippen molar-refractivity contribution < 1.29 is 28.2 Å². The number of hydrogen-bond donors (Lipinski definition) is 1. The van der Waals surface area contributed by atoms with Crippen LogP contribution in [0.3, 0.4) is 0 Å². The molecule has 2 aliphatic carbocycles. The van der Waals surface area contributed by atoms with Gasteiger partial charge in [-0.15, -0.1) is 0 Å². The Kier molecular flexibility index (Phi) is 7.48. The monoisotopic (exact) mass is 532 g/mol. The van der Waals surface area contributed by atoms with Gasteiger partial charge in [-0.2, -0.15) is 0 Å². The van der Waals surface area contributed by atoms with Crippen LogP contribution >= 0.6 is 0 Å². The standard InChI is InChI=1S/C33H34F2O4/c1-33(2)15-5-7-28(33)26-16-20(9-13-23(26)27-17-22(38-3)12-14-29(27)34)19-39-30-8-4-6-24(32(30)35)25(18-31(36)37)21-10-11-21/h4,6-9,12-14,16-17,21,25H,5,10-11,15,18-19H2,1-3H3,(H,36,37)/t25-/m1/s1. The molecule has 0 unspecified atom stereocenters. The normalized spacial score (nSPS) is 17.0. The molecule has 0 aliphatic heterocycles. The van der Waals surface area contributed by atoms with Crippen molar-refractivity contribution in [1.82, 2.24) is 0 Å². The van der Waals surface area contributed by atoms with Gasteiger partial charge < -0.3 is 14.6 Å². The van der Waals surface area contributed by atoms with Gasteiger partial charge in [0, 0.05) is 11.5 Å². The number of hydrogen-bond acceptors (Lipinski definition) is 3.